The van der Waals surface area contributed by atoms with E-state index in [1.54, 1.807) is 19.9 Å². The Bertz CT molecular complexity index is 601. The van der Waals surface area contributed by atoms with E-state index in [-0.39, 0.29) is 23.3 Å². The zero-order valence-corrected chi connectivity index (χ0v) is 12.7. The Morgan fingerprint density at radius 2 is 2.10 bits per heavy atom. The first-order valence-electron chi connectivity index (χ1n) is 6.38. The molecule has 0 fully saturated rings. The topological polar surface area (TPSA) is 125 Å². The van der Waals surface area contributed by atoms with Crippen LogP contribution in [-0.4, -0.2) is 31.7 Å². The van der Waals surface area contributed by atoms with Crippen LogP contribution in [0, 0.1) is 10.1 Å². The smallest absolute Gasteiger partial charge is 0.311 e. The van der Waals surface area contributed by atoms with Crippen molar-refractivity contribution in [1.29, 1.82) is 0 Å². The third kappa shape index (κ3) is 6.41. The molecule has 0 bridgehead atoms. The van der Waals surface area contributed by atoms with Crippen LogP contribution >= 0.6 is 0 Å². The molecule has 0 aliphatic rings. The number of benzene rings is 1. The maximum Gasteiger partial charge on any atom is 0.311 e. The highest BCUT2D eigenvalue weighted by Gasteiger charge is 2.16. The summed E-state index contributed by atoms with van der Waals surface area (Å²) in [5.41, 5.74) is 0.504. The molecule has 9 heteroatoms. The van der Waals surface area contributed by atoms with Crippen molar-refractivity contribution in [3.05, 3.63) is 28.3 Å². The van der Waals surface area contributed by atoms with Crippen molar-refractivity contribution in [2.75, 3.05) is 17.6 Å². The highest BCUT2D eigenvalue weighted by atomic mass is 32.2. The Morgan fingerprint density at radius 3 is 2.62 bits per heavy atom. The van der Waals surface area contributed by atoms with Gasteiger partial charge in [-0.3, -0.25) is 10.1 Å². The summed E-state index contributed by atoms with van der Waals surface area (Å²) in [5, 5.41) is 18.8. The maximum absolute atomic E-state index is 10.9. The third-order valence-corrected chi connectivity index (χ3v) is 3.31. The fourth-order valence-electron chi connectivity index (χ4n) is 1.63. The van der Waals surface area contributed by atoms with Crippen LogP contribution in [0.1, 0.15) is 20.3 Å². The van der Waals surface area contributed by atoms with Gasteiger partial charge in [-0.2, -0.15) is 0 Å². The van der Waals surface area contributed by atoms with Gasteiger partial charge in [0.1, 0.15) is 0 Å². The molecule has 3 N–H and O–H groups in total. The monoisotopic (exact) mass is 317 g/mol. The van der Waals surface area contributed by atoms with Gasteiger partial charge in [-0.25, -0.2) is 13.6 Å². The molecule has 0 amide bonds. The largest absolute Gasteiger partial charge is 0.484 e. The molecule has 21 heavy (non-hydrogen) atoms. The van der Waals surface area contributed by atoms with E-state index >= 15 is 0 Å². The molecule has 1 aromatic carbocycles. The molecule has 0 saturated heterocycles. The van der Waals surface area contributed by atoms with Gasteiger partial charge < -0.3 is 10.1 Å². The van der Waals surface area contributed by atoms with Crippen molar-refractivity contribution in [1.82, 2.24) is 0 Å². The number of nitrogens with two attached hydrogens (primary N) is 1. The molecule has 8 nitrogen and oxygen atoms in total. The summed E-state index contributed by atoms with van der Waals surface area (Å²) in [6.07, 6.45) is 0.150. The van der Waals surface area contributed by atoms with E-state index in [1.807, 2.05) is 0 Å². The van der Waals surface area contributed by atoms with Gasteiger partial charge in [-0.15, -0.1) is 0 Å². The Hall–Kier alpha value is -1.87. The summed E-state index contributed by atoms with van der Waals surface area (Å²) in [4.78, 5) is 10.4. The van der Waals surface area contributed by atoms with Gasteiger partial charge in [-0.1, -0.05) is 0 Å². The highest BCUT2D eigenvalue weighted by Crippen LogP contribution is 2.30. The number of primary sulfonamides is 1. The van der Waals surface area contributed by atoms with Crippen molar-refractivity contribution in [3.8, 4) is 5.75 Å². The second-order valence-electron chi connectivity index (χ2n) is 4.75. The molecule has 0 spiro atoms. The van der Waals surface area contributed by atoms with Crippen LogP contribution in [0.25, 0.3) is 0 Å². The van der Waals surface area contributed by atoms with Crippen molar-refractivity contribution < 1.29 is 18.1 Å². The minimum absolute atomic E-state index is 0.112. The van der Waals surface area contributed by atoms with E-state index in [4.69, 9.17) is 9.88 Å². The van der Waals surface area contributed by atoms with Crippen molar-refractivity contribution in [2.45, 2.75) is 26.4 Å². The third-order valence-electron chi connectivity index (χ3n) is 2.45. The molecular formula is C12H19N3O5S. The summed E-state index contributed by atoms with van der Waals surface area (Å²) in [6, 6.07) is 4.41. The predicted octanol–water partition coefficient (Wildman–Crippen LogP) is 1.47. The fraction of sp³-hybridized carbons (Fsp3) is 0.500. The molecule has 1 rings (SSSR count). The molecule has 0 aliphatic carbocycles. The summed E-state index contributed by atoms with van der Waals surface area (Å²) >= 11 is 0. The van der Waals surface area contributed by atoms with Crippen LogP contribution in [0.15, 0.2) is 18.2 Å². The van der Waals surface area contributed by atoms with Gasteiger partial charge in [0.15, 0.2) is 5.75 Å². The van der Waals surface area contributed by atoms with Gasteiger partial charge in [0.25, 0.3) is 0 Å². The standard InChI is InChI=1S/C12H19N3O5S/c1-9(2)20-12-8-10(4-5-11(12)15(16)17)14-6-3-7-21(13,18)19/h4-5,8-9,14H,3,6-7H2,1-2H3,(H2,13,18,19). The number of hydrogen-bond acceptors (Lipinski definition) is 6. The maximum atomic E-state index is 10.9. The van der Waals surface area contributed by atoms with Gasteiger partial charge in [0.2, 0.25) is 10.0 Å². The van der Waals surface area contributed by atoms with E-state index in [2.05, 4.69) is 5.32 Å². The number of nitrogens with one attached hydrogen (secondary N) is 1. The van der Waals surface area contributed by atoms with E-state index in [0.717, 1.165) is 0 Å². The van der Waals surface area contributed by atoms with Crippen LogP contribution in [-0.2, 0) is 10.0 Å². The van der Waals surface area contributed by atoms with Gasteiger partial charge >= 0.3 is 5.69 Å². The second-order valence-corrected chi connectivity index (χ2v) is 6.49. The Balaban J connectivity index is 2.73. The lowest BCUT2D eigenvalue weighted by Gasteiger charge is -2.12. The predicted molar refractivity (Wildman–Crippen MR) is 79.9 cm³/mol. The SMILES string of the molecule is CC(C)Oc1cc(NCCCS(N)(=O)=O)ccc1[N+](=O)[O-]. The normalized spacial score (nSPS) is 11.4. The summed E-state index contributed by atoms with van der Waals surface area (Å²) in [5.74, 6) is 0.0499. The highest BCUT2D eigenvalue weighted by molar-refractivity contribution is 7.89. The van der Waals surface area contributed by atoms with Crippen LogP contribution in [0.2, 0.25) is 0 Å². The van der Waals surface area contributed by atoms with Crippen LogP contribution < -0.4 is 15.2 Å². The van der Waals surface area contributed by atoms with Crippen molar-refractivity contribution >= 4 is 21.4 Å². The minimum Gasteiger partial charge on any atom is -0.484 e. The Labute approximate surface area is 123 Å². The Morgan fingerprint density at radius 1 is 1.43 bits per heavy atom. The van der Waals surface area contributed by atoms with Gasteiger partial charge in [0.05, 0.1) is 16.8 Å². The number of hydrogen-bond donors (Lipinski definition) is 2. The molecular weight excluding hydrogens is 298 g/mol. The number of nitrogens with zero attached hydrogens (tertiary/aromatic N) is 1. The van der Waals surface area contributed by atoms with Gasteiger partial charge in [-0.05, 0) is 26.3 Å². The Kier molecular flexibility index (Phi) is 5.91. The van der Waals surface area contributed by atoms with Crippen molar-refractivity contribution in [3.63, 3.8) is 0 Å². The van der Waals surface area contributed by atoms with Gasteiger partial charge in [0, 0.05) is 24.4 Å². The van der Waals surface area contributed by atoms with E-state index < -0.39 is 14.9 Å². The number of sulfonamides is 1. The first-order chi connectivity index (χ1) is 9.69. The number of rotatable bonds is 8. The summed E-state index contributed by atoms with van der Waals surface area (Å²) in [7, 11) is -3.47. The van der Waals surface area contributed by atoms with E-state index in [9.17, 15) is 18.5 Å². The molecule has 0 unspecified atom stereocenters. The molecule has 0 saturated carbocycles. The lowest BCUT2D eigenvalue weighted by atomic mass is 10.2. The lowest BCUT2D eigenvalue weighted by molar-refractivity contribution is -0.386. The van der Waals surface area contributed by atoms with Crippen LogP contribution in [0.4, 0.5) is 11.4 Å². The zero-order chi connectivity index (χ0) is 16.0. The first-order valence-corrected chi connectivity index (χ1v) is 8.10. The molecule has 0 aliphatic heterocycles. The average Bonchev–Trinajstić information content (AvgIpc) is 2.32. The molecule has 0 radical (unpaired) electrons. The summed E-state index contributed by atoms with van der Waals surface area (Å²) in [6.45, 7) is 3.93. The van der Waals surface area contributed by atoms with E-state index in [1.165, 1.54) is 12.1 Å². The zero-order valence-electron chi connectivity index (χ0n) is 11.9. The molecule has 1 aromatic rings. The lowest BCUT2D eigenvalue weighted by Crippen LogP contribution is -2.18. The molecule has 0 atom stereocenters. The fourth-order valence-corrected chi connectivity index (χ4v) is 2.18. The molecule has 0 heterocycles. The number of anilines is 1. The first kappa shape index (κ1) is 17.2. The van der Waals surface area contributed by atoms with Crippen LogP contribution in [0.3, 0.4) is 0 Å². The second kappa shape index (κ2) is 7.23. The number of ether oxygens (including phenoxy) is 1. The van der Waals surface area contributed by atoms with E-state index in [0.29, 0.717) is 18.7 Å². The molecule has 118 valence electrons. The number of nitro benzene ring substituents is 1. The molecule has 0 aromatic heterocycles. The summed E-state index contributed by atoms with van der Waals surface area (Å²) < 4.78 is 27.0. The quantitative estimate of drug-likeness (QED) is 0.425. The average molecular weight is 317 g/mol. The van der Waals surface area contributed by atoms with Crippen molar-refractivity contribution in [2.24, 2.45) is 5.14 Å². The number of nitro groups is 1. The minimum atomic E-state index is -3.47. The van der Waals surface area contributed by atoms with Crippen LogP contribution in [0.5, 0.6) is 5.75 Å².